The average Bonchev–Trinajstić information content (AvgIpc) is 2.34. The van der Waals surface area contributed by atoms with Crippen molar-refractivity contribution in [3.05, 3.63) is 28.2 Å². The van der Waals surface area contributed by atoms with Gasteiger partial charge in [0.1, 0.15) is 11.9 Å². The van der Waals surface area contributed by atoms with E-state index < -0.39 is 0 Å². The fraction of sp³-hybridized carbons (Fsp3) is 0.538. The van der Waals surface area contributed by atoms with E-state index in [0.29, 0.717) is 28.3 Å². The maximum Gasteiger partial charge on any atom is 0.139 e. The van der Waals surface area contributed by atoms with Gasteiger partial charge in [0.05, 0.1) is 5.02 Å². The molecule has 1 aliphatic rings. The zero-order valence-electron chi connectivity index (χ0n) is 9.66. The Kier molecular flexibility index (Phi) is 4.55. The van der Waals surface area contributed by atoms with Crippen LogP contribution in [0.2, 0.25) is 10.0 Å². The number of nitrogens with two attached hydrogens (primary N) is 1. The highest BCUT2D eigenvalue weighted by atomic mass is 35.5. The van der Waals surface area contributed by atoms with Gasteiger partial charge in [0.2, 0.25) is 0 Å². The summed E-state index contributed by atoms with van der Waals surface area (Å²) in [6.45, 7) is 0.669. The Morgan fingerprint density at radius 2 is 2.00 bits per heavy atom. The molecule has 0 spiro atoms. The minimum Gasteiger partial charge on any atom is -0.488 e. The van der Waals surface area contributed by atoms with Gasteiger partial charge in [-0.1, -0.05) is 29.6 Å². The topological polar surface area (TPSA) is 35.2 Å². The van der Waals surface area contributed by atoms with Gasteiger partial charge in [-0.15, -0.1) is 0 Å². The first-order chi connectivity index (χ1) is 8.20. The summed E-state index contributed by atoms with van der Waals surface area (Å²) in [6, 6.07) is 5.30. The third-order valence-electron chi connectivity index (χ3n) is 3.31. The molecule has 0 heterocycles. The first-order valence-corrected chi connectivity index (χ1v) is 6.78. The lowest BCUT2D eigenvalue weighted by Gasteiger charge is -2.31. The molecule has 2 N–H and O–H groups in total. The van der Waals surface area contributed by atoms with Crippen molar-refractivity contribution < 1.29 is 4.74 Å². The molecular weight excluding hydrogens is 257 g/mol. The highest BCUT2D eigenvalue weighted by Crippen LogP contribution is 2.33. The van der Waals surface area contributed by atoms with Gasteiger partial charge in [-0.2, -0.15) is 0 Å². The molecule has 4 heteroatoms. The van der Waals surface area contributed by atoms with Crippen LogP contribution in [0, 0.1) is 5.92 Å². The highest BCUT2D eigenvalue weighted by molar-refractivity contribution is 6.34. The van der Waals surface area contributed by atoms with Crippen molar-refractivity contribution in [2.24, 2.45) is 11.7 Å². The molecule has 0 amide bonds. The van der Waals surface area contributed by atoms with Gasteiger partial charge in [0.25, 0.3) is 0 Å². The second-order valence-electron chi connectivity index (χ2n) is 4.51. The van der Waals surface area contributed by atoms with Gasteiger partial charge >= 0.3 is 0 Å². The summed E-state index contributed by atoms with van der Waals surface area (Å²) in [5, 5.41) is 1.25. The van der Waals surface area contributed by atoms with Crippen LogP contribution in [0.4, 0.5) is 0 Å². The zero-order chi connectivity index (χ0) is 12.3. The molecule has 0 bridgehead atoms. The number of rotatable bonds is 3. The van der Waals surface area contributed by atoms with Gasteiger partial charge in [-0.3, -0.25) is 0 Å². The maximum atomic E-state index is 6.09. The van der Waals surface area contributed by atoms with Crippen LogP contribution in [-0.4, -0.2) is 12.6 Å². The predicted octanol–water partition coefficient (Wildman–Crippen LogP) is 3.89. The molecule has 1 saturated carbocycles. The molecule has 0 aliphatic heterocycles. The number of hydrogen-bond donors (Lipinski definition) is 1. The average molecular weight is 274 g/mol. The number of ether oxygens (including phenoxy) is 1. The lowest BCUT2D eigenvalue weighted by molar-refractivity contribution is 0.0971. The van der Waals surface area contributed by atoms with E-state index in [1.807, 2.05) is 0 Å². The molecule has 2 atom stereocenters. The molecule has 0 radical (unpaired) electrons. The highest BCUT2D eigenvalue weighted by Gasteiger charge is 2.26. The molecule has 1 aromatic carbocycles. The first kappa shape index (κ1) is 13.0. The number of hydrogen-bond acceptors (Lipinski definition) is 2. The fourth-order valence-corrected chi connectivity index (χ4v) is 2.65. The molecule has 2 nitrogen and oxygen atoms in total. The van der Waals surface area contributed by atoms with Crippen molar-refractivity contribution in [3.8, 4) is 5.75 Å². The largest absolute Gasteiger partial charge is 0.488 e. The van der Waals surface area contributed by atoms with E-state index in [-0.39, 0.29) is 6.10 Å². The van der Waals surface area contributed by atoms with Gasteiger partial charge < -0.3 is 10.5 Å². The van der Waals surface area contributed by atoms with Crippen molar-refractivity contribution in [2.45, 2.75) is 31.8 Å². The van der Waals surface area contributed by atoms with Crippen molar-refractivity contribution >= 4 is 23.2 Å². The molecule has 0 saturated heterocycles. The lowest BCUT2D eigenvalue weighted by atomic mass is 9.86. The minimum atomic E-state index is 0.171. The van der Waals surface area contributed by atoms with Crippen LogP contribution >= 0.6 is 23.2 Å². The quantitative estimate of drug-likeness (QED) is 0.907. The smallest absolute Gasteiger partial charge is 0.139 e. The zero-order valence-corrected chi connectivity index (χ0v) is 11.2. The Morgan fingerprint density at radius 1 is 1.24 bits per heavy atom. The summed E-state index contributed by atoms with van der Waals surface area (Å²) in [6.07, 6.45) is 4.79. The normalized spacial score (nSPS) is 24.6. The van der Waals surface area contributed by atoms with Crippen LogP contribution in [0.5, 0.6) is 5.75 Å². The van der Waals surface area contributed by atoms with E-state index in [9.17, 15) is 0 Å². The van der Waals surface area contributed by atoms with Crippen molar-refractivity contribution in [1.82, 2.24) is 0 Å². The Labute approximate surface area is 112 Å². The van der Waals surface area contributed by atoms with E-state index in [0.717, 1.165) is 12.8 Å². The van der Waals surface area contributed by atoms with Crippen LogP contribution in [0.15, 0.2) is 18.2 Å². The summed E-state index contributed by atoms with van der Waals surface area (Å²) in [4.78, 5) is 0. The van der Waals surface area contributed by atoms with Gasteiger partial charge in [0, 0.05) is 17.0 Å². The Balaban J connectivity index is 2.10. The summed E-state index contributed by atoms with van der Waals surface area (Å²) in [7, 11) is 0. The second-order valence-corrected chi connectivity index (χ2v) is 5.35. The van der Waals surface area contributed by atoms with Crippen LogP contribution in [0.25, 0.3) is 0 Å². The molecule has 1 aromatic rings. The van der Waals surface area contributed by atoms with Crippen LogP contribution in [-0.2, 0) is 0 Å². The predicted molar refractivity (Wildman–Crippen MR) is 71.9 cm³/mol. The first-order valence-electron chi connectivity index (χ1n) is 6.02. The number of halogens is 2. The van der Waals surface area contributed by atoms with E-state index in [4.69, 9.17) is 33.7 Å². The van der Waals surface area contributed by atoms with Crippen molar-refractivity contribution in [2.75, 3.05) is 6.54 Å². The van der Waals surface area contributed by atoms with Crippen molar-refractivity contribution in [1.29, 1.82) is 0 Å². The Hall–Kier alpha value is -0.440. The monoisotopic (exact) mass is 273 g/mol. The second kappa shape index (κ2) is 5.94. The standard InChI is InChI=1S/C13H17Cl2NO/c14-10-5-6-11(15)13(7-10)17-12-4-2-1-3-9(12)8-16/h5-7,9,12H,1-4,8,16H2. The van der Waals surface area contributed by atoms with E-state index in [1.165, 1.54) is 12.8 Å². The SMILES string of the molecule is NCC1CCCCC1Oc1cc(Cl)ccc1Cl. The summed E-state index contributed by atoms with van der Waals surface area (Å²) in [5.74, 6) is 1.10. The molecule has 0 aromatic heterocycles. The van der Waals surface area contributed by atoms with Crippen molar-refractivity contribution in [3.63, 3.8) is 0 Å². The van der Waals surface area contributed by atoms with Gasteiger partial charge in [-0.05, 0) is 37.9 Å². The Morgan fingerprint density at radius 3 is 2.76 bits per heavy atom. The van der Waals surface area contributed by atoms with Crippen LogP contribution < -0.4 is 10.5 Å². The van der Waals surface area contributed by atoms with E-state index in [1.54, 1.807) is 18.2 Å². The minimum absolute atomic E-state index is 0.171. The Bertz CT molecular complexity index is 384. The van der Waals surface area contributed by atoms with E-state index >= 15 is 0 Å². The fourth-order valence-electron chi connectivity index (χ4n) is 2.33. The van der Waals surface area contributed by atoms with Gasteiger partial charge in [-0.25, -0.2) is 0 Å². The molecule has 17 heavy (non-hydrogen) atoms. The van der Waals surface area contributed by atoms with Gasteiger partial charge in [0.15, 0.2) is 0 Å². The van der Waals surface area contributed by atoms with Crippen LogP contribution in [0.1, 0.15) is 25.7 Å². The molecule has 2 rings (SSSR count). The molecule has 1 fully saturated rings. The maximum absolute atomic E-state index is 6.09. The van der Waals surface area contributed by atoms with Crippen LogP contribution in [0.3, 0.4) is 0 Å². The third-order valence-corrected chi connectivity index (χ3v) is 3.86. The summed E-state index contributed by atoms with van der Waals surface area (Å²) >= 11 is 12.0. The third kappa shape index (κ3) is 3.27. The molecule has 2 unspecified atom stereocenters. The molecular formula is C13H17Cl2NO. The number of benzene rings is 1. The summed E-state index contributed by atoms with van der Waals surface area (Å²) in [5.41, 5.74) is 5.78. The molecule has 1 aliphatic carbocycles. The van der Waals surface area contributed by atoms with E-state index in [2.05, 4.69) is 0 Å². The summed E-state index contributed by atoms with van der Waals surface area (Å²) < 4.78 is 5.97. The molecule has 94 valence electrons. The lowest BCUT2D eigenvalue weighted by Crippen LogP contribution is -2.35.